The number of amides is 1. The zero-order chi connectivity index (χ0) is 13.2. The highest BCUT2D eigenvalue weighted by Gasteiger charge is 2.30. The molecule has 2 aliphatic rings. The van der Waals surface area contributed by atoms with E-state index in [0.29, 0.717) is 0 Å². The molecule has 1 aromatic carbocycles. The van der Waals surface area contributed by atoms with E-state index in [-0.39, 0.29) is 36.6 Å². The largest absolute Gasteiger partial charge is 0.371 e. The first-order chi connectivity index (χ1) is 9.27. The molecule has 0 bridgehead atoms. The highest BCUT2D eigenvalue weighted by molar-refractivity contribution is 5.99. The summed E-state index contributed by atoms with van der Waals surface area (Å²) >= 11 is 0. The molecule has 21 heavy (non-hydrogen) atoms. The van der Waals surface area contributed by atoms with Gasteiger partial charge in [-0.15, -0.1) is 24.8 Å². The van der Waals surface area contributed by atoms with Crippen molar-refractivity contribution in [2.75, 3.05) is 43.0 Å². The maximum Gasteiger partial charge on any atom is 0.231 e. The Morgan fingerprint density at radius 2 is 1.90 bits per heavy atom. The van der Waals surface area contributed by atoms with Crippen molar-refractivity contribution < 1.29 is 4.79 Å². The van der Waals surface area contributed by atoms with Gasteiger partial charge in [0.1, 0.15) is 0 Å². The van der Waals surface area contributed by atoms with Gasteiger partial charge in [-0.3, -0.25) is 4.79 Å². The summed E-state index contributed by atoms with van der Waals surface area (Å²) in [6.07, 6.45) is 2.12. The molecule has 118 valence electrons. The first-order valence-corrected chi connectivity index (χ1v) is 7.09. The SMILES string of the molecule is CN1CCN(C(=O)[C@@H]2CCCNC2)c2ccccc21.Cl.Cl. The third kappa shape index (κ3) is 3.62. The standard InChI is InChI=1S/C15H21N3O.2ClH/c1-17-9-10-18(14-7-3-2-6-13(14)17)15(19)12-5-4-8-16-11-12;;/h2-3,6-7,12,16H,4-5,8-11H2,1H3;2*1H/t12-;;/m1../s1. The summed E-state index contributed by atoms with van der Waals surface area (Å²) in [4.78, 5) is 16.9. The lowest BCUT2D eigenvalue weighted by atomic mass is 9.97. The van der Waals surface area contributed by atoms with Gasteiger partial charge in [-0.2, -0.15) is 0 Å². The van der Waals surface area contributed by atoms with Crippen LogP contribution < -0.4 is 15.1 Å². The van der Waals surface area contributed by atoms with Crippen LogP contribution in [0.2, 0.25) is 0 Å². The fourth-order valence-electron chi connectivity index (χ4n) is 3.02. The number of nitrogens with one attached hydrogen (secondary N) is 1. The molecule has 6 heteroatoms. The maximum absolute atomic E-state index is 12.7. The number of para-hydroxylation sites is 2. The number of halogens is 2. The number of hydrogen-bond donors (Lipinski definition) is 1. The quantitative estimate of drug-likeness (QED) is 0.857. The molecule has 1 amide bonds. The van der Waals surface area contributed by atoms with E-state index >= 15 is 0 Å². The third-order valence-corrected chi connectivity index (χ3v) is 4.15. The molecule has 0 spiro atoms. The predicted octanol–water partition coefficient (Wildman–Crippen LogP) is 2.31. The van der Waals surface area contributed by atoms with E-state index in [1.54, 1.807) is 0 Å². The Labute approximate surface area is 138 Å². The van der Waals surface area contributed by atoms with Gasteiger partial charge in [-0.25, -0.2) is 0 Å². The van der Waals surface area contributed by atoms with Crippen LogP contribution >= 0.6 is 24.8 Å². The topological polar surface area (TPSA) is 35.6 Å². The summed E-state index contributed by atoms with van der Waals surface area (Å²) in [6, 6.07) is 8.19. The van der Waals surface area contributed by atoms with Crippen LogP contribution in [0.25, 0.3) is 0 Å². The molecular weight excluding hydrogens is 309 g/mol. The summed E-state index contributed by atoms with van der Waals surface area (Å²) in [5, 5.41) is 3.33. The number of nitrogens with zero attached hydrogens (tertiary/aromatic N) is 2. The van der Waals surface area contributed by atoms with Crippen molar-refractivity contribution in [2.24, 2.45) is 5.92 Å². The van der Waals surface area contributed by atoms with E-state index in [4.69, 9.17) is 0 Å². The molecule has 0 aromatic heterocycles. The number of anilines is 2. The van der Waals surface area contributed by atoms with Gasteiger partial charge in [-0.1, -0.05) is 12.1 Å². The second-order valence-electron chi connectivity index (χ2n) is 5.44. The van der Waals surface area contributed by atoms with Gasteiger partial charge in [0.2, 0.25) is 5.91 Å². The van der Waals surface area contributed by atoms with Crippen molar-refractivity contribution in [3.05, 3.63) is 24.3 Å². The number of fused-ring (bicyclic) bond motifs is 1. The molecular formula is C15H23Cl2N3O. The molecule has 1 aromatic rings. The number of hydrogen-bond acceptors (Lipinski definition) is 3. The third-order valence-electron chi connectivity index (χ3n) is 4.15. The number of carbonyl (C=O) groups excluding carboxylic acids is 1. The van der Waals surface area contributed by atoms with Gasteiger partial charge in [0.15, 0.2) is 0 Å². The number of piperidine rings is 1. The van der Waals surface area contributed by atoms with E-state index in [1.807, 2.05) is 17.0 Å². The van der Waals surface area contributed by atoms with Crippen LogP contribution in [0.1, 0.15) is 12.8 Å². The molecule has 0 radical (unpaired) electrons. The summed E-state index contributed by atoms with van der Waals surface area (Å²) in [6.45, 7) is 3.57. The molecule has 0 unspecified atom stereocenters. The first kappa shape index (κ1) is 18.1. The number of likely N-dealkylation sites (N-methyl/N-ethyl adjacent to an activating group) is 1. The van der Waals surface area contributed by atoms with Gasteiger partial charge in [-0.05, 0) is 31.5 Å². The van der Waals surface area contributed by atoms with Crippen molar-refractivity contribution in [2.45, 2.75) is 12.8 Å². The average Bonchev–Trinajstić information content (AvgIpc) is 2.48. The second-order valence-corrected chi connectivity index (χ2v) is 5.44. The van der Waals surface area contributed by atoms with Crippen molar-refractivity contribution in [3.63, 3.8) is 0 Å². The van der Waals surface area contributed by atoms with E-state index < -0.39 is 0 Å². The smallest absolute Gasteiger partial charge is 0.231 e. The van der Waals surface area contributed by atoms with E-state index in [2.05, 4.69) is 29.4 Å². The Morgan fingerprint density at radius 3 is 2.57 bits per heavy atom. The average molecular weight is 332 g/mol. The van der Waals surface area contributed by atoms with Crippen LogP contribution in [0.4, 0.5) is 11.4 Å². The van der Waals surface area contributed by atoms with Crippen molar-refractivity contribution in [3.8, 4) is 0 Å². The first-order valence-electron chi connectivity index (χ1n) is 7.09. The number of rotatable bonds is 1. The monoisotopic (exact) mass is 331 g/mol. The summed E-state index contributed by atoms with van der Waals surface area (Å²) in [7, 11) is 2.09. The van der Waals surface area contributed by atoms with E-state index in [0.717, 1.165) is 50.4 Å². The van der Waals surface area contributed by atoms with Crippen LogP contribution in [-0.2, 0) is 4.79 Å². The minimum absolute atomic E-state index is 0. The lowest BCUT2D eigenvalue weighted by molar-refractivity contribution is -0.122. The minimum atomic E-state index is 0. The molecule has 2 heterocycles. The zero-order valence-electron chi connectivity index (χ0n) is 12.2. The number of carbonyl (C=O) groups is 1. The maximum atomic E-state index is 12.7. The van der Waals surface area contributed by atoms with Crippen molar-refractivity contribution in [1.82, 2.24) is 5.32 Å². The lowest BCUT2D eigenvalue weighted by Gasteiger charge is -2.38. The summed E-state index contributed by atoms with van der Waals surface area (Å²) < 4.78 is 0. The van der Waals surface area contributed by atoms with Crippen molar-refractivity contribution in [1.29, 1.82) is 0 Å². The van der Waals surface area contributed by atoms with Crippen LogP contribution in [0, 0.1) is 5.92 Å². The molecule has 1 saturated heterocycles. The summed E-state index contributed by atoms with van der Waals surface area (Å²) in [5.74, 6) is 0.429. The molecule has 1 fully saturated rings. The normalized spacial score (nSPS) is 20.9. The van der Waals surface area contributed by atoms with E-state index in [1.165, 1.54) is 0 Å². The van der Waals surface area contributed by atoms with Crippen LogP contribution in [0.3, 0.4) is 0 Å². The van der Waals surface area contributed by atoms with Crippen molar-refractivity contribution >= 4 is 42.1 Å². The van der Waals surface area contributed by atoms with Crippen LogP contribution in [0.5, 0.6) is 0 Å². The predicted molar refractivity (Wildman–Crippen MR) is 92.2 cm³/mol. The Hall–Kier alpha value is -0.970. The minimum Gasteiger partial charge on any atom is -0.371 e. The van der Waals surface area contributed by atoms with Gasteiger partial charge < -0.3 is 15.1 Å². The Morgan fingerprint density at radius 1 is 1.19 bits per heavy atom. The molecule has 4 nitrogen and oxygen atoms in total. The van der Waals surface area contributed by atoms with Crippen LogP contribution in [0.15, 0.2) is 24.3 Å². The molecule has 1 atom stereocenters. The molecule has 0 aliphatic carbocycles. The van der Waals surface area contributed by atoms with Crippen LogP contribution in [-0.4, -0.2) is 39.1 Å². The highest BCUT2D eigenvalue weighted by Crippen LogP contribution is 2.33. The van der Waals surface area contributed by atoms with Gasteiger partial charge in [0.25, 0.3) is 0 Å². The fraction of sp³-hybridized carbons (Fsp3) is 0.533. The van der Waals surface area contributed by atoms with Gasteiger partial charge >= 0.3 is 0 Å². The molecule has 0 saturated carbocycles. The zero-order valence-corrected chi connectivity index (χ0v) is 13.9. The molecule has 2 aliphatic heterocycles. The fourth-order valence-corrected chi connectivity index (χ4v) is 3.02. The number of benzene rings is 1. The second kappa shape index (κ2) is 7.87. The van der Waals surface area contributed by atoms with E-state index in [9.17, 15) is 4.79 Å². The Balaban J connectivity index is 0.00000110. The lowest BCUT2D eigenvalue weighted by Crippen LogP contribution is -2.48. The highest BCUT2D eigenvalue weighted by atomic mass is 35.5. The molecule has 3 rings (SSSR count). The molecule has 1 N–H and O–H groups in total. The Bertz CT molecular complexity index is 478. The Kier molecular flexibility index (Phi) is 6.78. The summed E-state index contributed by atoms with van der Waals surface area (Å²) in [5.41, 5.74) is 2.22. The van der Waals surface area contributed by atoms with Gasteiger partial charge in [0.05, 0.1) is 17.3 Å². The van der Waals surface area contributed by atoms with Gasteiger partial charge in [0, 0.05) is 26.7 Å².